The highest BCUT2D eigenvalue weighted by Gasteiger charge is 2.28. The third-order valence-corrected chi connectivity index (χ3v) is 3.96. The van der Waals surface area contributed by atoms with Crippen LogP contribution in [-0.2, 0) is 9.53 Å². The molecule has 1 amide bonds. The van der Waals surface area contributed by atoms with Gasteiger partial charge in [-0.3, -0.25) is 4.79 Å². The normalized spacial score (nSPS) is 16.3. The lowest BCUT2D eigenvalue weighted by atomic mass is 9.91. The maximum Gasteiger partial charge on any atom is 0.239 e. The lowest BCUT2D eigenvalue weighted by Gasteiger charge is -2.29. The average Bonchev–Trinajstić information content (AvgIpc) is 2.56. The Morgan fingerprint density at radius 1 is 1.43 bits per heavy atom. The molecule has 1 aromatic rings. The van der Waals surface area contributed by atoms with Gasteiger partial charge < -0.3 is 20.1 Å². The van der Waals surface area contributed by atoms with Crippen molar-refractivity contribution >= 4 is 18.3 Å². The first-order chi connectivity index (χ1) is 10.6. The van der Waals surface area contributed by atoms with Gasteiger partial charge >= 0.3 is 0 Å². The molecule has 1 fully saturated rings. The molecule has 1 aromatic carbocycles. The molecule has 0 radical (unpaired) electrons. The van der Waals surface area contributed by atoms with Gasteiger partial charge in [-0.05, 0) is 30.9 Å². The number of hydrogen-bond donors (Lipinski definition) is 1. The van der Waals surface area contributed by atoms with Crippen LogP contribution in [0, 0.1) is 11.7 Å². The van der Waals surface area contributed by atoms with Crippen LogP contribution >= 0.6 is 12.4 Å². The predicted molar refractivity (Wildman–Crippen MR) is 88.3 cm³/mol. The van der Waals surface area contributed by atoms with Gasteiger partial charge in [0.25, 0.3) is 0 Å². The molecule has 1 saturated heterocycles. The largest absolute Gasteiger partial charge is 0.489 e. The fraction of sp³-hybridized carbons (Fsp3) is 0.562. The second-order valence-corrected chi connectivity index (χ2v) is 5.51. The first-order valence-corrected chi connectivity index (χ1v) is 7.55. The van der Waals surface area contributed by atoms with Crippen LogP contribution in [0.4, 0.5) is 4.39 Å². The molecule has 5 nitrogen and oxygen atoms in total. The fourth-order valence-corrected chi connectivity index (χ4v) is 2.50. The molecule has 1 unspecified atom stereocenters. The molecule has 1 aliphatic heterocycles. The fourth-order valence-electron chi connectivity index (χ4n) is 2.50. The van der Waals surface area contributed by atoms with Crippen LogP contribution in [-0.4, -0.2) is 50.3 Å². The highest BCUT2D eigenvalue weighted by atomic mass is 35.5. The van der Waals surface area contributed by atoms with E-state index in [-0.39, 0.29) is 36.6 Å². The molecule has 1 atom stereocenters. The molecule has 23 heavy (non-hydrogen) atoms. The summed E-state index contributed by atoms with van der Waals surface area (Å²) in [5.74, 6) is -0.160. The van der Waals surface area contributed by atoms with Crippen molar-refractivity contribution in [2.24, 2.45) is 11.7 Å². The number of carbonyl (C=O) groups is 1. The van der Waals surface area contributed by atoms with E-state index in [1.807, 2.05) is 0 Å². The zero-order chi connectivity index (χ0) is 15.9. The second kappa shape index (κ2) is 9.70. The third kappa shape index (κ3) is 5.64. The van der Waals surface area contributed by atoms with Crippen LogP contribution in [0.15, 0.2) is 24.3 Å². The molecule has 1 aliphatic rings. The number of carbonyl (C=O) groups excluding carboxylic acids is 1. The van der Waals surface area contributed by atoms with E-state index in [1.54, 1.807) is 30.1 Å². The summed E-state index contributed by atoms with van der Waals surface area (Å²) >= 11 is 0. The summed E-state index contributed by atoms with van der Waals surface area (Å²) in [5, 5.41) is 0. The third-order valence-electron chi connectivity index (χ3n) is 3.96. The van der Waals surface area contributed by atoms with Crippen molar-refractivity contribution in [3.63, 3.8) is 0 Å². The first-order valence-electron chi connectivity index (χ1n) is 7.55. The lowest BCUT2D eigenvalue weighted by molar-refractivity contribution is -0.133. The van der Waals surface area contributed by atoms with Gasteiger partial charge in [-0.25, -0.2) is 4.39 Å². The number of likely N-dealkylation sites (N-methyl/N-ethyl adjacent to an activating group) is 1. The highest BCUT2D eigenvalue weighted by molar-refractivity contribution is 5.85. The maximum absolute atomic E-state index is 13.4. The van der Waals surface area contributed by atoms with Crippen molar-refractivity contribution < 1.29 is 18.7 Å². The van der Waals surface area contributed by atoms with Crippen LogP contribution in [0.3, 0.4) is 0 Å². The van der Waals surface area contributed by atoms with Crippen molar-refractivity contribution in [3.05, 3.63) is 30.1 Å². The van der Waals surface area contributed by atoms with Crippen molar-refractivity contribution in [2.45, 2.75) is 18.9 Å². The monoisotopic (exact) mass is 346 g/mol. The average molecular weight is 347 g/mol. The van der Waals surface area contributed by atoms with E-state index >= 15 is 0 Å². The highest BCUT2D eigenvalue weighted by Crippen LogP contribution is 2.19. The van der Waals surface area contributed by atoms with Crippen LogP contribution in [0.2, 0.25) is 0 Å². The Labute approximate surface area is 142 Å². The zero-order valence-corrected chi connectivity index (χ0v) is 14.1. The molecular weight excluding hydrogens is 323 g/mol. The van der Waals surface area contributed by atoms with E-state index in [9.17, 15) is 9.18 Å². The number of benzene rings is 1. The molecular formula is C16H24ClFN2O3. The molecule has 2 N–H and O–H groups in total. The Balaban J connectivity index is 0.00000264. The number of hydrogen-bond acceptors (Lipinski definition) is 4. The molecule has 0 bridgehead atoms. The van der Waals surface area contributed by atoms with E-state index < -0.39 is 11.9 Å². The van der Waals surface area contributed by atoms with Gasteiger partial charge in [-0.15, -0.1) is 12.4 Å². The SMILES string of the molecule is CN(CCOc1ccccc1F)C(=O)C(N)C1CCOCC1.Cl. The Bertz CT molecular complexity index is 498. The van der Waals surface area contributed by atoms with E-state index in [0.29, 0.717) is 19.8 Å². The second-order valence-electron chi connectivity index (χ2n) is 5.51. The van der Waals surface area contributed by atoms with E-state index in [4.69, 9.17) is 15.2 Å². The zero-order valence-electron chi connectivity index (χ0n) is 13.2. The van der Waals surface area contributed by atoms with Crippen LogP contribution in [0.1, 0.15) is 12.8 Å². The molecule has 7 heteroatoms. The standard InChI is InChI=1S/C16H23FN2O3.ClH/c1-19(8-11-22-14-5-3-2-4-13(14)17)16(20)15(18)12-6-9-21-10-7-12;/h2-5,12,15H,6-11,18H2,1H3;1H. The number of ether oxygens (including phenoxy) is 2. The van der Waals surface area contributed by atoms with Gasteiger partial charge in [-0.2, -0.15) is 0 Å². The Kier molecular flexibility index (Phi) is 8.30. The summed E-state index contributed by atoms with van der Waals surface area (Å²) in [5.41, 5.74) is 6.05. The smallest absolute Gasteiger partial charge is 0.239 e. The summed E-state index contributed by atoms with van der Waals surface area (Å²) < 4.78 is 24.0. The molecule has 2 rings (SSSR count). The quantitative estimate of drug-likeness (QED) is 0.853. The lowest BCUT2D eigenvalue weighted by Crippen LogP contribution is -2.48. The number of halogens is 2. The van der Waals surface area contributed by atoms with Gasteiger partial charge in [0.05, 0.1) is 12.6 Å². The number of rotatable bonds is 6. The van der Waals surface area contributed by atoms with Crippen LogP contribution in [0.5, 0.6) is 5.75 Å². The van der Waals surface area contributed by atoms with Gasteiger partial charge in [0, 0.05) is 20.3 Å². The van der Waals surface area contributed by atoms with Crippen molar-refractivity contribution in [2.75, 3.05) is 33.4 Å². The van der Waals surface area contributed by atoms with E-state index in [1.165, 1.54) is 6.07 Å². The predicted octanol–water partition coefficient (Wildman–Crippen LogP) is 1.84. The summed E-state index contributed by atoms with van der Waals surface area (Å²) in [6.07, 6.45) is 1.62. The number of para-hydroxylation sites is 1. The summed E-state index contributed by atoms with van der Waals surface area (Å²) in [6.45, 7) is 1.91. The molecule has 130 valence electrons. The summed E-state index contributed by atoms with van der Waals surface area (Å²) in [7, 11) is 1.69. The molecule has 0 aliphatic carbocycles. The minimum Gasteiger partial charge on any atom is -0.489 e. The molecule has 0 spiro atoms. The number of nitrogens with two attached hydrogens (primary N) is 1. The molecule has 0 saturated carbocycles. The molecule has 0 aromatic heterocycles. The van der Waals surface area contributed by atoms with Crippen LogP contribution < -0.4 is 10.5 Å². The number of amides is 1. The van der Waals surface area contributed by atoms with Crippen molar-refractivity contribution in [1.82, 2.24) is 4.90 Å². The van der Waals surface area contributed by atoms with Crippen LogP contribution in [0.25, 0.3) is 0 Å². The Morgan fingerprint density at radius 3 is 2.74 bits per heavy atom. The van der Waals surface area contributed by atoms with E-state index in [0.717, 1.165) is 12.8 Å². The van der Waals surface area contributed by atoms with Crippen molar-refractivity contribution in [1.29, 1.82) is 0 Å². The van der Waals surface area contributed by atoms with Gasteiger partial charge in [0.2, 0.25) is 5.91 Å². The maximum atomic E-state index is 13.4. The Hall–Kier alpha value is -1.37. The Morgan fingerprint density at radius 2 is 2.09 bits per heavy atom. The van der Waals surface area contributed by atoms with Gasteiger partial charge in [0.1, 0.15) is 6.61 Å². The summed E-state index contributed by atoms with van der Waals surface area (Å²) in [4.78, 5) is 13.8. The topological polar surface area (TPSA) is 64.8 Å². The minimum atomic E-state index is -0.512. The molecule has 1 heterocycles. The number of nitrogens with zero attached hydrogens (tertiary/aromatic N) is 1. The van der Waals surface area contributed by atoms with Crippen molar-refractivity contribution in [3.8, 4) is 5.75 Å². The van der Waals surface area contributed by atoms with Gasteiger partial charge in [0.15, 0.2) is 11.6 Å². The van der Waals surface area contributed by atoms with Gasteiger partial charge in [-0.1, -0.05) is 12.1 Å². The van der Waals surface area contributed by atoms with E-state index in [2.05, 4.69) is 0 Å². The summed E-state index contributed by atoms with van der Waals surface area (Å²) in [6, 6.07) is 5.69. The minimum absolute atomic E-state index is 0. The first kappa shape index (κ1) is 19.7.